The highest BCUT2D eigenvalue weighted by Gasteiger charge is 2.47. The first-order valence-corrected chi connectivity index (χ1v) is 11.6. The van der Waals surface area contributed by atoms with Gasteiger partial charge in [-0.3, -0.25) is 9.59 Å². The molecule has 0 spiro atoms. The molecule has 0 bridgehead atoms. The van der Waals surface area contributed by atoms with Crippen molar-refractivity contribution in [1.82, 2.24) is 15.7 Å². The molecule has 4 amide bonds. The normalized spacial score (nSPS) is 30.3. The molecule has 10 nitrogen and oxygen atoms in total. The van der Waals surface area contributed by atoms with Crippen LogP contribution in [0, 0.1) is 0 Å². The number of sulfone groups is 1. The topological polar surface area (TPSA) is 139 Å². The predicted octanol–water partition coefficient (Wildman–Crippen LogP) is -0.657. The maximum atomic E-state index is 11.9. The van der Waals surface area contributed by atoms with Crippen LogP contribution in [0.2, 0.25) is 0 Å². The quantitative estimate of drug-likeness (QED) is 0.315. The lowest BCUT2D eigenvalue weighted by molar-refractivity contribution is -0.197. The van der Waals surface area contributed by atoms with E-state index >= 15 is 0 Å². The summed E-state index contributed by atoms with van der Waals surface area (Å²) in [7, 11) is -3.74. The molecule has 0 aromatic rings. The number of fused-ring (bicyclic) bond motifs is 1. The van der Waals surface area contributed by atoms with E-state index in [1.165, 1.54) is 0 Å². The molecule has 0 aromatic heterocycles. The average molecular weight is 419 g/mol. The van der Waals surface area contributed by atoms with Crippen molar-refractivity contribution in [3.05, 3.63) is 0 Å². The molecule has 2 N–H and O–H groups in total. The van der Waals surface area contributed by atoms with E-state index in [0.29, 0.717) is 6.42 Å². The van der Waals surface area contributed by atoms with Crippen LogP contribution >= 0.6 is 11.8 Å². The number of hydrogen-bond acceptors (Lipinski definition) is 8. The Morgan fingerprint density at radius 3 is 2.67 bits per heavy atom. The number of imide groups is 1. The van der Waals surface area contributed by atoms with Crippen molar-refractivity contribution in [2.75, 3.05) is 12.0 Å². The van der Waals surface area contributed by atoms with Crippen molar-refractivity contribution < 1.29 is 32.4 Å². The van der Waals surface area contributed by atoms with Gasteiger partial charge in [0.05, 0.1) is 18.5 Å². The monoisotopic (exact) mass is 419 g/mol. The van der Waals surface area contributed by atoms with E-state index in [-0.39, 0.29) is 34.8 Å². The largest absolute Gasteiger partial charge is 0.333 e. The van der Waals surface area contributed by atoms with E-state index in [1.807, 2.05) is 0 Å². The van der Waals surface area contributed by atoms with E-state index in [2.05, 4.69) is 10.6 Å². The molecule has 4 unspecified atom stereocenters. The summed E-state index contributed by atoms with van der Waals surface area (Å²) in [5, 5.41) is 4.82. The van der Waals surface area contributed by atoms with Crippen LogP contribution in [0.5, 0.6) is 0 Å². The first-order valence-electron chi connectivity index (χ1n) is 8.62. The standard InChI is InChI=1S/C15H21N3O7S2/c1-27(23,24)10-6-11(19)18(14(10)21)25-12(20)5-3-2-4-9-13-8(7-26-9)16-15(22)17-13/h8-10,13H,2-7H2,1H3,(H2,16,17,22). The molecule has 0 aliphatic carbocycles. The lowest BCUT2D eigenvalue weighted by Gasteiger charge is -2.16. The Morgan fingerprint density at radius 2 is 2.00 bits per heavy atom. The highest BCUT2D eigenvalue weighted by molar-refractivity contribution is 8.00. The summed E-state index contributed by atoms with van der Waals surface area (Å²) in [5.74, 6) is -1.74. The van der Waals surface area contributed by atoms with Gasteiger partial charge in [-0.2, -0.15) is 11.8 Å². The third-order valence-corrected chi connectivity index (χ3v) is 7.74. The van der Waals surface area contributed by atoms with Gasteiger partial charge in [-0.1, -0.05) is 6.42 Å². The van der Waals surface area contributed by atoms with Crippen LogP contribution < -0.4 is 10.6 Å². The van der Waals surface area contributed by atoms with Crippen LogP contribution in [0.1, 0.15) is 32.1 Å². The molecule has 0 saturated carbocycles. The summed E-state index contributed by atoms with van der Waals surface area (Å²) in [6.07, 6.45) is 2.41. The summed E-state index contributed by atoms with van der Waals surface area (Å²) in [5.41, 5.74) is 0. The van der Waals surface area contributed by atoms with Crippen LogP contribution in [0.15, 0.2) is 0 Å². The van der Waals surface area contributed by atoms with Crippen LogP contribution in [-0.4, -0.2) is 71.9 Å². The number of nitrogens with zero attached hydrogens (tertiary/aromatic N) is 1. The SMILES string of the molecule is CS(=O)(=O)C1CC(=O)N(OC(=O)CCCCC2SCC3NC(=O)NC32)C1=O. The molecule has 150 valence electrons. The van der Waals surface area contributed by atoms with Gasteiger partial charge in [0, 0.05) is 23.7 Å². The summed E-state index contributed by atoms with van der Waals surface area (Å²) in [6, 6.07) is 0.0980. The molecule has 0 radical (unpaired) electrons. The van der Waals surface area contributed by atoms with Gasteiger partial charge in [0.25, 0.3) is 11.8 Å². The molecule has 3 aliphatic heterocycles. The first kappa shape index (κ1) is 19.9. The summed E-state index contributed by atoms with van der Waals surface area (Å²) < 4.78 is 23.0. The number of thioether (sulfide) groups is 1. The lowest BCUT2D eigenvalue weighted by atomic mass is 10.0. The zero-order valence-corrected chi connectivity index (χ0v) is 16.3. The summed E-state index contributed by atoms with van der Waals surface area (Å²) >= 11 is 1.78. The zero-order valence-electron chi connectivity index (χ0n) is 14.7. The minimum absolute atomic E-state index is 0.0106. The number of hydroxylamine groups is 2. The molecular formula is C15H21N3O7S2. The third kappa shape index (κ3) is 4.37. The predicted molar refractivity (Wildman–Crippen MR) is 95.2 cm³/mol. The lowest BCUT2D eigenvalue weighted by Crippen LogP contribution is -2.37. The second kappa shape index (κ2) is 7.66. The van der Waals surface area contributed by atoms with Crippen molar-refractivity contribution >= 4 is 45.4 Å². The minimum Gasteiger partial charge on any atom is -0.332 e. The molecule has 3 saturated heterocycles. The van der Waals surface area contributed by atoms with Gasteiger partial charge in [-0.05, 0) is 12.8 Å². The number of urea groups is 1. The zero-order chi connectivity index (χ0) is 19.8. The van der Waals surface area contributed by atoms with Crippen molar-refractivity contribution in [3.63, 3.8) is 0 Å². The van der Waals surface area contributed by atoms with E-state index in [4.69, 9.17) is 4.84 Å². The first-order chi connectivity index (χ1) is 12.7. The fourth-order valence-electron chi connectivity index (χ4n) is 3.42. The highest BCUT2D eigenvalue weighted by Crippen LogP contribution is 2.33. The van der Waals surface area contributed by atoms with Crippen LogP contribution in [-0.2, 0) is 29.1 Å². The molecular weight excluding hydrogens is 398 g/mol. The molecule has 27 heavy (non-hydrogen) atoms. The molecule has 3 aliphatic rings. The van der Waals surface area contributed by atoms with E-state index < -0.39 is 39.3 Å². The Bertz CT molecular complexity index is 769. The molecule has 4 atom stereocenters. The Balaban J connectivity index is 1.40. The number of nitrogens with one attached hydrogen (secondary N) is 2. The van der Waals surface area contributed by atoms with Crippen molar-refractivity contribution in [1.29, 1.82) is 0 Å². The number of rotatable bonds is 7. The maximum absolute atomic E-state index is 11.9. The second-order valence-electron chi connectivity index (χ2n) is 6.88. The Labute approximate surface area is 160 Å². The van der Waals surface area contributed by atoms with Crippen LogP contribution in [0.4, 0.5) is 4.79 Å². The van der Waals surface area contributed by atoms with Crippen LogP contribution in [0.25, 0.3) is 0 Å². The number of amides is 4. The van der Waals surface area contributed by atoms with Crippen molar-refractivity contribution in [2.45, 2.75) is 54.7 Å². The van der Waals surface area contributed by atoms with Gasteiger partial charge in [0.1, 0.15) is 0 Å². The Hall–Kier alpha value is -1.82. The van der Waals surface area contributed by atoms with Crippen molar-refractivity contribution in [2.24, 2.45) is 0 Å². The smallest absolute Gasteiger partial charge is 0.332 e. The van der Waals surface area contributed by atoms with E-state index in [1.54, 1.807) is 11.8 Å². The molecule has 12 heteroatoms. The van der Waals surface area contributed by atoms with Gasteiger partial charge in [0.2, 0.25) is 0 Å². The van der Waals surface area contributed by atoms with E-state index in [9.17, 15) is 27.6 Å². The number of carbonyl (C=O) groups excluding carboxylic acids is 4. The summed E-state index contributed by atoms with van der Waals surface area (Å²) in [4.78, 5) is 51.7. The molecule has 0 aromatic carbocycles. The molecule has 3 rings (SSSR count). The third-order valence-electron chi connectivity index (χ3n) is 4.83. The van der Waals surface area contributed by atoms with Crippen molar-refractivity contribution in [3.8, 4) is 0 Å². The summed E-state index contributed by atoms with van der Waals surface area (Å²) in [6.45, 7) is 0. The fraction of sp³-hybridized carbons (Fsp3) is 0.733. The second-order valence-corrected chi connectivity index (χ2v) is 10.4. The number of hydrogen-bond donors (Lipinski definition) is 2. The van der Waals surface area contributed by atoms with Gasteiger partial charge < -0.3 is 15.5 Å². The Kier molecular flexibility index (Phi) is 5.65. The van der Waals surface area contributed by atoms with Gasteiger partial charge in [-0.15, -0.1) is 5.06 Å². The van der Waals surface area contributed by atoms with Gasteiger partial charge in [-0.25, -0.2) is 18.0 Å². The minimum atomic E-state index is -3.74. The average Bonchev–Trinajstić information content (AvgIpc) is 3.19. The van der Waals surface area contributed by atoms with Gasteiger partial charge in [0.15, 0.2) is 15.1 Å². The Morgan fingerprint density at radius 1 is 1.26 bits per heavy atom. The van der Waals surface area contributed by atoms with Gasteiger partial charge >= 0.3 is 12.0 Å². The van der Waals surface area contributed by atoms with E-state index in [0.717, 1.165) is 24.9 Å². The maximum Gasteiger partial charge on any atom is 0.333 e. The highest BCUT2D eigenvalue weighted by atomic mass is 32.2. The molecule has 3 fully saturated rings. The number of unbranched alkanes of at least 4 members (excludes halogenated alkanes) is 1. The van der Waals surface area contributed by atoms with Crippen LogP contribution in [0.3, 0.4) is 0 Å². The molecule has 3 heterocycles. The fourth-order valence-corrected chi connectivity index (χ4v) is 5.87. The number of carbonyl (C=O) groups is 4.